The number of nitro benzene ring substituents is 2. The van der Waals surface area contributed by atoms with Crippen LogP contribution in [0.2, 0.25) is 0 Å². The van der Waals surface area contributed by atoms with Crippen molar-refractivity contribution in [3.8, 4) is 0 Å². The van der Waals surface area contributed by atoms with Crippen molar-refractivity contribution in [3.63, 3.8) is 0 Å². The van der Waals surface area contributed by atoms with E-state index in [1.807, 2.05) is 0 Å². The number of aliphatic hydroxyl groups excluding tert-OH is 1. The van der Waals surface area contributed by atoms with E-state index < -0.39 is 51.3 Å². The molecule has 3 atom stereocenters. The number of primary amides is 1. The summed E-state index contributed by atoms with van der Waals surface area (Å²) in [5.74, 6) is -2.29. The lowest BCUT2D eigenvalue weighted by molar-refractivity contribution is -0.393. The Kier molecular flexibility index (Phi) is 6.60. The fourth-order valence-corrected chi connectivity index (χ4v) is 2.41. The molecule has 0 fully saturated rings. The number of anilines is 2. The van der Waals surface area contributed by atoms with Crippen LogP contribution in [0.5, 0.6) is 0 Å². The number of amides is 1. The lowest BCUT2D eigenvalue weighted by Crippen LogP contribution is -2.46. The van der Waals surface area contributed by atoms with Gasteiger partial charge in [-0.3, -0.25) is 25.0 Å². The van der Waals surface area contributed by atoms with Gasteiger partial charge in [-0.1, -0.05) is 0 Å². The molecule has 1 amide bonds. The fourth-order valence-electron chi connectivity index (χ4n) is 2.41. The number of hydrogen-bond donors (Lipinski definition) is 4. The Morgan fingerprint density at radius 1 is 1.19 bits per heavy atom. The Labute approximate surface area is 152 Å². The SMILES string of the molecule is C[C@H](Nc1cc(N(C)[C@H](C(=O)O)[C@H](C)O)c([N+](=O)[O-])cc1[N+](=O)[O-])C(N)=O. The highest BCUT2D eigenvalue weighted by molar-refractivity contribution is 5.87. The molecule has 0 aliphatic rings. The Morgan fingerprint density at radius 3 is 2.07 bits per heavy atom. The number of carbonyl (C=O) groups excluding carboxylic acids is 1. The standard InChI is InChI=1S/C14H19N5O8/c1-6(13(15)21)16-8-4-10(17(3)12(7(2)20)14(22)23)11(19(26)27)5-9(8)18(24)25/h4-7,12,16,20H,1-3H3,(H2,15,21)(H,22,23)/t6-,7-,12-/m0/s1. The molecular weight excluding hydrogens is 366 g/mol. The van der Waals surface area contributed by atoms with Crippen LogP contribution in [-0.4, -0.2) is 57.2 Å². The first-order valence-corrected chi connectivity index (χ1v) is 7.54. The number of carbonyl (C=O) groups is 2. The maximum Gasteiger partial charge on any atom is 0.329 e. The number of nitrogens with two attached hydrogens (primary N) is 1. The van der Waals surface area contributed by atoms with Gasteiger partial charge >= 0.3 is 5.97 Å². The van der Waals surface area contributed by atoms with Gasteiger partial charge in [0.05, 0.1) is 22.0 Å². The van der Waals surface area contributed by atoms with E-state index in [1.54, 1.807) is 0 Å². The zero-order valence-electron chi connectivity index (χ0n) is 14.6. The van der Waals surface area contributed by atoms with E-state index in [2.05, 4.69) is 5.32 Å². The molecule has 1 aromatic carbocycles. The summed E-state index contributed by atoms with van der Waals surface area (Å²) in [6, 6.07) is -1.00. The number of nitro groups is 2. The molecule has 0 aliphatic heterocycles. The van der Waals surface area contributed by atoms with Gasteiger partial charge in [0.1, 0.15) is 17.4 Å². The lowest BCUT2D eigenvalue weighted by atomic mass is 10.1. The summed E-state index contributed by atoms with van der Waals surface area (Å²) in [7, 11) is 1.18. The Bertz CT molecular complexity index is 781. The van der Waals surface area contributed by atoms with Crippen LogP contribution in [0.4, 0.5) is 22.7 Å². The maximum atomic E-state index is 11.4. The molecular formula is C14H19N5O8. The minimum absolute atomic E-state index is 0.270. The van der Waals surface area contributed by atoms with Gasteiger partial charge in [-0.15, -0.1) is 0 Å². The average molecular weight is 385 g/mol. The molecule has 0 saturated heterocycles. The van der Waals surface area contributed by atoms with Crippen LogP contribution in [0.3, 0.4) is 0 Å². The number of aliphatic carboxylic acids is 1. The summed E-state index contributed by atoms with van der Waals surface area (Å²) in [4.78, 5) is 44.4. The van der Waals surface area contributed by atoms with Crippen LogP contribution in [0.15, 0.2) is 12.1 Å². The van der Waals surface area contributed by atoms with Crippen molar-refractivity contribution in [1.82, 2.24) is 0 Å². The highest BCUT2D eigenvalue weighted by Gasteiger charge is 2.34. The molecule has 0 heterocycles. The number of likely N-dealkylation sites (N-methyl/N-ethyl adjacent to an activating group) is 1. The predicted octanol–water partition coefficient (Wildman–Crippen LogP) is 0.0589. The van der Waals surface area contributed by atoms with Crippen LogP contribution < -0.4 is 16.0 Å². The number of carboxylic acid groups (broad SMARTS) is 1. The van der Waals surface area contributed by atoms with Crippen LogP contribution in [0, 0.1) is 20.2 Å². The van der Waals surface area contributed by atoms with Crippen LogP contribution in [0.1, 0.15) is 13.8 Å². The monoisotopic (exact) mass is 385 g/mol. The minimum Gasteiger partial charge on any atom is -0.480 e. The second-order valence-electron chi connectivity index (χ2n) is 5.78. The van der Waals surface area contributed by atoms with Gasteiger partial charge in [-0.05, 0) is 19.9 Å². The molecule has 0 bridgehead atoms. The molecule has 5 N–H and O–H groups in total. The predicted molar refractivity (Wildman–Crippen MR) is 93.5 cm³/mol. The molecule has 0 aliphatic carbocycles. The molecule has 0 spiro atoms. The summed E-state index contributed by atoms with van der Waals surface area (Å²) >= 11 is 0. The van der Waals surface area contributed by atoms with E-state index in [1.165, 1.54) is 20.9 Å². The van der Waals surface area contributed by atoms with Crippen molar-refractivity contribution in [1.29, 1.82) is 0 Å². The third-order valence-corrected chi connectivity index (χ3v) is 3.79. The van der Waals surface area contributed by atoms with E-state index in [4.69, 9.17) is 5.73 Å². The van der Waals surface area contributed by atoms with Crippen LogP contribution in [-0.2, 0) is 9.59 Å². The van der Waals surface area contributed by atoms with Crippen molar-refractivity contribution in [2.75, 3.05) is 17.3 Å². The zero-order chi connectivity index (χ0) is 21.0. The molecule has 0 saturated carbocycles. The number of nitrogens with one attached hydrogen (secondary N) is 1. The van der Waals surface area contributed by atoms with E-state index in [0.717, 1.165) is 11.0 Å². The third kappa shape index (κ3) is 4.78. The molecule has 1 aromatic rings. The quantitative estimate of drug-likeness (QED) is 0.332. The Morgan fingerprint density at radius 2 is 1.70 bits per heavy atom. The van der Waals surface area contributed by atoms with Crippen LogP contribution >= 0.6 is 0 Å². The van der Waals surface area contributed by atoms with Gasteiger partial charge in [0, 0.05) is 7.05 Å². The average Bonchev–Trinajstić information content (AvgIpc) is 2.52. The second kappa shape index (κ2) is 8.27. The Balaban J connectivity index is 3.66. The topological polar surface area (TPSA) is 202 Å². The molecule has 148 valence electrons. The molecule has 0 aromatic heterocycles. The first kappa shape index (κ1) is 21.6. The molecule has 13 nitrogen and oxygen atoms in total. The summed E-state index contributed by atoms with van der Waals surface area (Å²) < 4.78 is 0. The van der Waals surface area contributed by atoms with Crippen molar-refractivity contribution in [2.45, 2.75) is 32.0 Å². The zero-order valence-corrected chi connectivity index (χ0v) is 14.6. The first-order chi connectivity index (χ1) is 12.4. The van der Waals surface area contributed by atoms with Crippen molar-refractivity contribution in [2.24, 2.45) is 5.73 Å². The Hall–Kier alpha value is -3.48. The van der Waals surface area contributed by atoms with Gasteiger partial charge < -0.3 is 26.2 Å². The van der Waals surface area contributed by atoms with Gasteiger partial charge in [0.2, 0.25) is 5.91 Å². The second-order valence-corrected chi connectivity index (χ2v) is 5.78. The fraction of sp³-hybridized carbons (Fsp3) is 0.429. The first-order valence-electron chi connectivity index (χ1n) is 7.54. The van der Waals surface area contributed by atoms with E-state index >= 15 is 0 Å². The van der Waals surface area contributed by atoms with Gasteiger partial charge in [-0.2, -0.15) is 0 Å². The number of nitrogens with zero attached hydrogens (tertiary/aromatic N) is 3. The molecule has 27 heavy (non-hydrogen) atoms. The van der Waals surface area contributed by atoms with Crippen molar-refractivity contribution >= 4 is 34.6 Å². The van der Waals surface area contributed by atoms with Gasteiger partial charge in [-0.25, -0.2) is 4.79 Å². The molecule has 0 unspecified atom stereocenters. The summed E-state index contributed by atoms with van der Waals surface area (Å²) in [5, 5.41) is 44.1. The molecule has 13 heteroatoms. The van der Waals surface area contributed by atoms with Crippen LogP contribution in [0.25, 0.3) is 0 Å². The third-order valence-electron chi connectivity index (χ3n) is 3.79. The summed E-state index contributed by atoms with van der Waals surface area (Å²) in [6.45, 7) is 2.51. The van der Waals surface area contributed by atoms with Crippen molar-refractivity contribution in [3.05, 3.63) is 32.4 Å². The maximum absolute atomic E-state index is 11.4. The normalized spacial score (nSPS) is 13.9. The van der Waals surface area contributed by atoms with E-state index in [-0.39, 0.29) is 11.4 Å². The summed E-state index contributed by atoms with van der Waals surface area (Å²) in [5.41, 5.74) is 3.10. The number of benzene rings is 1. The number of rotatable bonds is 9. The number of carboxylic acids is 1. The lowest BCUT2D eigenvalue weighted by Gasteiger charge is -2.28. The summed E-state index contributed by atoms with van der Waals surface area (Å²) in [6.07, 6.45) is -1.41. The van der Waals surface area contributed by atoms with E-state index in [0.29, 0.717) is 6.07 Å². The smallest absolute Gasteiger partial charge is 0.329 e. The van der Waals surface area contributed by atoms with Gasteiger partial charge in [0.25, 0.3) is 11.4 Å². The van der Waals surface area contributed by atoms with Gasteiger partial charge in [0.15, 0.2) is 6.04 Å². The molecule has 1 rings (SSSR count). The molecule has 0 radical (unpaired) electrons. The largest absolute Gasteiger partial charge is 0.480 e. The van der Waals surface area contributed by atoms with E-state index in [9.17, 15) is 40.0 Å². The highest BCUT2D eigenvalue weighted by atomic mass is 16.6. The number of hydrogen-bond acceptors (Lipinski definition) is 9. The number of aliphatic hydroxyl groups is 1. The minimum atomic E-state index is -1.56. The highest BCUT2D eigenvalue weighted by Crippen LogP contribution is 2.39. The van der Waals surface area contributed by atoms with Crippen molar-refractivity contribution < 1.29 is 29.6 Å².